The molecule has 0 atom stereocenters. The molecule has 0 radical (unpaired) electrons. The second-order valence-electron chi connectivity index (χ2n) is 7.81. The Bertz CT molecular complexity index is 1030. The quantitative estimate of drug-likeness (QED) is 0.428. The number of alkyl halides is 6. The minimum atomic E-state index is -5.05. The number of carbonyl (C=O) groups excluding carboxylic acids is 2. The molecular weight excluding hydrogens is 464 g/mol. The van der Waals surface area contributed by atoms with Gasteiger partial charge in [0.05, 0.1) is 11.1 Å². The van der Waals surface area contributed by atoms with Crippen LogP contribution in [0.15, 0.2) is 54.6 Å². The molecule has 3 rings (SSSR count). The molecule has 0 unspecified atom stereocenters. The van der Waals surface area contributed by atoms with E-state index in [9.17, 15) is 35.9 Å². The molecule has 34 heavy (non-hydrogen) atoms. The third kappa shape index (κ3) is 6.37. The van der Waals surface area contributed by atoms with E-state index in [1.807, 2.05) is 0 Å². The highest BCUT2D eigenvalue weighted by atomic mass is 19.4. The van der Waals surface area contributed by atoms with E-state index in [0.717, 1.165) is 5.56 Å². The van der Waals surface area contributed by atoms with E-state index in [4.69, 9.17) is 0 Å². The van der Waals surface area contributed by atoms with Crippen LogP contribution in [0.2, 0.25) is 0 Å². The van der Waals surface area contributed by atoms with E-state index < -0.39 is 46.5 Å². The van der Waals surface area contributed by atoms with Gasteiger partial charge in [0.15, 0.2) is 0 Å². The maximum atomic E-state index is 13.1. The Morgan fingerprint density at radius 3 is 1.97 bits per heavy atom. The average Bonchev–Trinajstić information content (AvgIpc) is 2.77. The molecule has 1 aliphatic heterocycles. The van der Waals surface area contributed by atoms with Crippen molar-refractivity contribution in [3.63, 3.8) is 0 Å². The first-order chi connectivity index (χ1) is 15.9. The Kier molecular flexibility index (Phi) is 7.35. The third-order valence-electron chi connectivity index (χ3n) is 5.33. The van der Waals surface area contributed by atoms with Crippen molar-refractivity contribution in [3.05, 3.63) is 71.3 Å². The number of anilines is 1. The molecule has 0 aromatic heterocycles. The van der Waals surface area contributed by atoms with Gasteiger partial charge in [0.1, 0.15) is 5.54 Å². The fourth-order valence-electron chi connectivity index (χ4n) is 3.55. The van der Waals surface area contributed by atoms with Gasteiger partial charge in [-0.25, -0.2) is 0 Å². The van der Waals surface area contributed by atoms with Gasteiger partial charge in [-0.3, -0.25) is 9.59 Å². The lowest BCUT2D eigenvalue weighted by atomic mass is 9.87. The highest BCUT2D eigenvalue weighted by Gasteiger charge is 2.42. The largest absolute Gasteiger partial charge is 0.416 e. The Morgan fingerprint density at radius 2 is 1.44 bits per heavy atom. The zero-order valence-corrected chi connectivity index (χ0v) is 17.7. The van der Waals surface area contributed by atoms with Crippen molar-refractivity contribution in [1.82, 2.24) is 10.6 Å². The van der Waals surface area contributed by atoms with E-state index in [1.54, 1.807) is 30.3 Å². The van der Waals surface area contributed by atoms with Crippen LogP contribution in [-0.4, -0.2) is 30.4 Å². The molecule has 2 aromatic carbocycles. The van der Waals surface area contributed by atoms with Gasteiger partial charge in [0.25, 0.3) is 0 Å². The first-order valence-electron chi connectivity index (χ1n) is 10.3. The minimum Gasteiger partial charge on any atom is -0.338 e. The SMILES string of the molecule is O=C(/C=C\c1ccccc1)NC1(C(=O)Nc2cc(C(F)(F)F)cc(C(F)(F)F)c2)CCNCC1. The Morgan fingerprint density at radius 1 is 0.882 bits per heavy atom. The number of hydrogen-bond acceptors (Lipinski definition) is 3. The fraction of sp³-hybridized carbons (Fsp3) is 0.304. The average molecular weight is 485 g/mol. The summed E-state index contributed by atoms with van der Waals surface area (Å²) in [7, 11) is 0. The van der Waals surface area contributed by atoms with Crippen LogP contribution in [-0.2, 0) is 21.9 Å². The molecule has 0 spiro atoms. The second kappa shape index (κ2) is 9.88. The highest BCUT2D eigenvalue weighted by Crippen LogP contribution is 2.37. The molecule has 2 aromatic rings. The van der Waals surface area contributed by atoms with E-state index in [2.05, 4.69) is 16.0 Å². The predicted octanol–water partition coefficient (Wildman–Crippen LogP) is 4.61. The molecule has 0 saturated carbocycles. The van der Waals surface area contributed by atoms with Crippen molar-refractivity contribution in [1.29, 1.82) is 0 Å². The molecular formula is C23H21F6N3O2. The predicted molar refractivity (Wildman–Crippen MR) is 114 cm³/mol. The molecule has 182 valence electrons. The molecule has 1 fully saturated rings. The lowest BCUT2D eigenvalue weighted by Gasteiger charge is -2.36. The van der Waals surface area contributed by atoms with E-state index in [0.29, 0.717) is 25.2 Å². The normalized spacial score (nSPS) is 16.3. The lowest BCUT2D eigenvalue weighted by molar-refractivity contribution is -0.143. The van der Waals surface area contributed by atoms with Crippen LogP contribution in [0.25, 0.3) is 6.08 Å². The van der Waals surface area contributed by atoms with Crippen LogP contribution >= 0.6 is 0 Å². The van der Waals surface area contributed by atoms with Gasteiger partial charge >= 0.3 is 12.4 Å². The molecule has 0 aliphatic carbocycles. The van der Waals surface area contributed by atoms with Gasteiger partial charge < -0.3 is 16.0 Å². The Hall–Kier alpha value is -3.34. The monoisotopic (exact) mass is 485 g/mol. The maximum absolute atomic E-state index is 13.1. The number of piperidine rings is 1. The molecule has 1 saturated heterocycles. The van der Waals surface area contributed by atoms with E-state index >= 15 is 0 Å². The van der Waals surface area contributed by atoms with Crippen LogP contribution in [0, 0.1) is 0 Å². The van der Waals surface area contributed by atoms with Crippen molar-refractivity contribution in [2.75, 3.05) is 18.4 Å². The summed E-state index contributed by atoms with van der Waals surface area (Å²) >= 11 is 0. The molecule has 2 amide bonds. The van der Waals surface area contributed by atoms with Gasteiger partial charge in [-0.2, -0.15) is 26.3 Å². The zero-order chi connectivity index (χ0) is 25.0. The van der Waals surface area contributed by atoms with Gasteiger partial charge in [-0.15, -0.1) is 0 Å². The van der Waals surface area contributed by atoms with Gasteiger partial charge in [-0.1, -0.05) is 30.3 Å². The highest BCUT2D eigenvalue weighted by molar-refractivity contribution is 6.03. The maximum Gasteiger partial charge on any atom is 0.416 e. The van der Waals surface area contributed by atoms with Crippen LogP contribution in [0.1, 0.15) is 29.5 Å². The Balaban J connectivity index is 1.86. The summed E-state index contributed by atoms with van der Waals surface area (Å²) in [6.45, 7) is 0.624. The van der Waals surface area contributed by atoms with Crippen LogP contribution in [0.3, 0.4) is 0 Å². The van der Waals surface area contributed by atoms with Crippen LogP contribution in [0.4, 0.5) is 32.0 Å². The van der Waals surface area contributed by atoms with Gasteiger partial charge in [-0.05, 0) is 55.8 Å². The van der Waals surface area contributed by atoms with Crippen molar-refractivity contribution in [2.45, 2.75) is 30.7 Å². The Labute approximate surface area is 191 Å². The first kappa shape index (κ1) is 25.3. The van der Waals surface area contributed by atoms with E-state index in [-0.39, 0.29) is 18.9 Å². The van der Waals surface area contributed by atoms with Crippen LogP contribution < -0.4 is 16.0 Å². The molecule has 1 heterocycles. The number of nitrogens with one attached hydrogen (secondary N) is 3. The molecule has 1 aliphatic rings. The minimum absolute atomic E-state index is 0.0217. The topological polar surface area (TPSA) is 70.2 Å². The summed E-state index contributed by atoms with van der Waals surface area (Å²) in [6, 6.07) is 9.67. The summed E-state index contributed by atoms with van der Waals surface area (Å²) in [6.07, 6.45) is -7.19. The van der Waals surface area contributed by atoms with Crippen molar-refractivity contribution in [3.8, 4) is 0 Å². The summed E-state index contributed by atoms with van der Waals surface area (Å²) < 4.78 is 78.9. The van der Waals surface area contributed by atoms with Crippen molar-refractivity contribution < 1.29 is 35.9 Å². The third-order valence-corrected chi connectivity index (χ3v) is 5.33. The fourth-order valence-corrected chi connectivity index (χ4v) is 3.55. The number of amides is 2. The molecule has 0 bridgehead atoms. The van der Waals surface area contributed by atoms with Crippen molar-refractivity contribution in [2.24, 2.45) is 0 Å². The smallest absolute Gasteiger partial charge is 0.338 e. The number of benzene rings is 2. The number of halogens is 6. The zero-order valence-electron chi connectivity index (χ0n) is 17.7. The number of rotatable bonds is 5. The van der Waals surface area contributed by atoms with Crippen molar-refractivity contribution >= 4 is 23.6 Å². The van der Waals surface area contributed by atoms with E-state index in [1.165, 1.54) is 12.2 Å². The number of hydrogen-bond donors (Lipinski definition) is 3. The van der Waals surface area contributed by atoms with Gasteiger partial charge in [0.2, 0.25) is 11.8 Å². The summed E-state index contributed by atoms with van der Waals surface area (Å²) in [4.78, 5) is 25.6. The molecule has 11 heteroatoms. The summed E-state index contributed by atoms with van der Waals surface area (Å²) in [5.74, 6) is -1.52. The molecule has 3 N–H and O–H groups in total. The number of carbonyl (C=O) groups is 2. The van der Waals surface area contributed by atoms with Gasteiger partial charge in [0, 0.05) is 11.8 Å². The first-order valence-corrected chi connectivity index (χ1v) is 10.3. The standard InChI is InChI=1S/C23H21F6N3O2/c24-22(25,26)16-12-17(23(27,28)29)14-18(13-16)31-20(34)21(8-10-30-11-9-21)32-19(33)7-6-15-4-2-1-3-5-15/h1-7,12-14,30H,8-11H2,(H,31,34)(H,32,33)/b7-6-. The van der Waals surface area contributed by atoms with Crippen LogP contribution in [0.5, 0.6) is 0 Å². The molecule has 5 nitrogen and oxygen atoms in total. The summed E-state index contributed by atoms with van der Waals surface area (Å²) in [5.41, 5.74) is -4.56. The second-order valence-corrected chi connectivity index (χ2v) is 7.81. The lowest BCUT2D eigenvalue weighted by Crippen LogP contribution is -2.61. The summed E-state index contributed by atoms with van der Waals surface area (Å²) in [5, 5.41) is 7.74.